The van der Waals surface area contributed by atoms with Crippen LogP contribution in [0.1, 0.15) is 31.2 Å². The molecule has 112 valence electrons. The van der Waals surface area contributed by atoms with Crippen LogP contribution in [-0.4, -0.2) is 53.1 Å². The van der Waals surface area contributed by atoms with Gasteiger partial charge in [0.05, 0.1) is 18.4 Å². The van der Waals surface area contributed by atoms with Crippen molar-refractivity contribution >= 4 is 0 Å². The van der Waals surface area contributed by atoms with Gasteiger partial charge in [0.2, 0.25) is 0 Å². The number of aryl methyl sites for hydroxylation is 1. The van der Waals surface area contributed by atoms with Gasteiger partial charge in [-0.1, -0.05) is 0 Å². The van der Waals surface area contributed by atoms with Gasteiger partial charge in [0.15, 0.2) is 0 Å². The molecular formula is C15H26N4O. The molecule has 0 radical (unpaired) electrons. The molecule has 1 aromatic heterocycles. The number of hydrogen-bond donors (Lipinski definition) is 1. The van der Waals surface area contributed by atoms with Gasteiger partial charge in [-0.25, -0.2) is 0 Å². The second kappa shape index (κ2) is 6.24. The quantitative estimate of drug-likeness (QED) is 0.812. The third kappa shape index (κ3) is 4.04. The summed E-state index contributed by atoms with van der Waals surface area (Å²) in [6.07, 6.45) is 9.92. The number of aromatic nitrogens is 2. The summed E-state index contributed by atoms with van der Waals surface area (Å²) in [4.78, 5) is 2.33. The van der Waals surface area contributed by atoms with Gasteiger partial charge in [-0.15, -0.1) is 0 Å². The Bertz CT molecular complexity index is 429. The van der Waals surface area contributed by atoms with Crippen molar-refractivity contribution in [3.8, 4) is 0 Å². The standard InChI is InChI=1S/C15H26N4O/c1-18(9-12-7-17-19(2)10-12)11-15-6-5-14(20-15)8-16-13-3-4-13/h7,10,13-16H,3-6,8-9,11H2,1-2H3. The van der Waals surface area contributed by atoms with E-state index in [2.05, 4.69) is 28.6 Å². The molecule has 0 aromatic carbocycles. The number of nitrogens with zero attached hydrogens (tertiary/aromatic N) is 3. The maximum absolute atomic E-state index is 6.13. The summed E-state index contributed by atoms with van der Waals surface area (Å²) < 4.78 is 7.98. The lowest BCUT2D eigenvalue weighted by molar-refractivity contribution is 0.0266. The molecule has 2 aliphatic rings. The third-order valence-corrected chi connectivity index (χ3v) is 4.13. The zero-order valence-corrected chi connectivity index (χ0v) is 12.6. The van der Waals surface area contributed by atoms with Crippen molar-refractivity contribution in [1.29, 1.82) is 0 Å². The molecule has 0 amide bonds. The van der Waals surface area contributed by atoms with E-state index in [1.165, 1.54) is 31.2 Å². The summed E-state index contributed by atoms with van der Waals surface area (Å²) >= 11 is 0. The van der Waals surface area contributed by atoms with Gasteiger partial charge in [0, 0.05) is 44.5 Å². The normalized spacial score (nSPS) is 26.6. The fraction of sp³-hybridized carbons (Fsp3) is 0.800. The zero-order chi connectivity index (χ0) is 13.9. The van der Waals surface area contributed by atoms with Crippen molar-refractivity contribution in [2.45, 2.75) is 50.5 Å². The number of hydrogen-bond acceptors (Lipinski definition) is 4. The highest BCUT2D eigenvalue weighted by Gasteiger charge is 2.28. The van der Waals surface area contributed by atoms with E-state index in [-0.39, 0.29) is 0 Å². The van der Waals surface area contributed by atoms with E-state index in [4.69, 9.17) is 4.74 Å². The van der Waals surface area contributed by atoms with Gasteiger partial charge in [-0.3, -0.25) is 9.58 Å². The first-order chi connectivity index (χ1) is 9.69. The number of nitrogens with one attached hydrogen (secondary N) is 1. The Kier molecular flexibility index (Phi) is 4.38. The van der Waals surface area contributed by atoms with Crippen LogP contribution in [0.5, 0.6) is 0 Å². The molecule has 1 aromatic rings. The zero-order valence-electron chi connectivity index (χ0n) is 12.6. The smallest absolute Gasteiger partial charge is 0.0707 e. The Balaban J connectivity index is 1.37. The predicted molar refractivity (Wildman–Crippen MR) is 78.5 cm³/mol. The first-order valence-electron chi connectivity index (χ1n) is 7.74. The Morgan fingerprint density at radius 2 is 2.15 bits per heavy atom. The minimum Gasteiger partial charge on any atom is -0.372 e. The van der Waals surface area contributed by atoms with Gasteiger partial charge in [0.25, 0.3) is 0 Å². The lowest BCUT2D eigenvalue weighted by atomic mass is 10.2. The summed E-state index contributed by atoms with van der Waals surface area (Å²) in [7, 11) is 4.12. The summed E-state index contributed by atoms with van der Waals surface area (Å²) in [6, 6.07) is 0.783. The van der Waals surface area contributed by atoms with Gasteiger partial charge in [-0.05, 0) is 32.7 Å². The van der Waals surface area contributed by atoms with E-state index in [0.29, 0.717) is 12.2 Å². The maximum Gasteiger partial charge on any atom is 0.0707 e. The monoisotopic (exact) mass is 278 g/mol. The minimum absolute atomic E-state index is 0.391. The highest BCUT2D eigenvalue weighted by Crippen LogP contribution is 2.23. The highest BCUT2D eigenvalue weighted by atomic mass is 16.5. The lowest BCUT2D eigenvalue weighted by Gasteiger charge is -2.21. The minimum atomic E-state index is 0.391. The van der Waals surface area contributed by atoms with Crippen molar-refractivity contribution in [2.24, 2.45) is 7.05 Å². The Hall–Kier alpha value is -0.910. The average Bonchev–Trinajstić information content (AvgIpc) is 3.00. The van der Waals surface area contributed by atoms with Crippen molar-refractivity contribution in [1.82, 2.24) is 20.0 Å². The molecule has 1 saturated heterocycles. The van der Waals surface area contributed by atoms with E-state index in [0.717, 1.165) is 25.7 Å². The molecule has 2 fully saturated rings. The molecule has 0 spiro atoms. The van der Waals surface area contributed by atoms with Crippen molar-refractivity contribution in [2.75, 3.05) is 20.1 Å². The van der Waals surface area contributed by atoms with E-state index in [9.17, 15) is 0 Å². The topological polar surface area (TPSA) is 42.3 Å². The predicted octanol–water partition coefficient (Wildman–Crippen LogP) is 1.15. The SMILES string of the molecule is CN(Cc1cnn(C)c1)CC1CCC(CNC2CC2)O1. The molecular weight excluding hydrogens is 252 g/mol. The first kappa shape index (κ1) is 14.0. The average molecular weight is 278 g/mol. The molecule has 1 aliphatic carbocycles. The fourth-order valence-corrected chi connectivity index (χ4v) is 2.93. The third-order valence-electron chi connectivity index (χ3n) is 4.13. The van der Waals surface area contributed by atoms with Crippen LogP contribution in [0.15, 0.2) is 12.4 Å². The molecule has 2 atom stereocenters. The van der Waals surface area contributed by atoms with E-state index in [1.54, 1.807) is 0 Å². The molecule has 0 bridgehead atoms. The number of likely N-dealkylation sites (N-methyl/N-ethyl adjacent to an activating group) is 1. The molecule has 3 rings (SSSR count). The van der Waals surface area contributed by atoms with Crippen LogP contribution in [0.2, 0.25) is 0 Å². The van der Waals surface area contributed by atoms with E-state index >= 15 is 0 Å². The summed E-state index contributed by atoms with van der Waals surface area (Å²) in [6.45, 7) is 2.99. The highest BCUT2D eigenvalue weighted by molar-refractivity contribution is 5.03. The van der Waals surface area contributed by atoms with Crippen LogP contribution in [0.3, 0.4) is 0 Å². The van der Waals surface area contributed by atoms with Crippen LogP contribution in [-0.2, 0) is 18.3 Å². The van der Waals surface area contributed by atoms with Gasteiger partial charge in [-0.2, -0.15) is 5.10 Å². The largest absolute Gasteiger partial charge is 0.372 e. The van der Waals surface area contributed by atoms with Gasteiger partial charge < -0.3 is 10.1 Å². The van der Waals surface area contributed by atoms with Crippen LogP contribution >= 0.6 is 0 Å². The Morgan fingerprint density at radius 3 is 2.85 bits per heavy atom. The summed E-state index contributed by atoms with van der Waals surface area (Å²) in [5.74, 6) is 0. The second-order valence-corrected chi connectivity index (χ2v) is 6.36. The maximum atomic E-state index is 6.13. The molecule has 1 aliphatic heterocycles. The van der Waals surface area contributed by atoms with Gasteiger partial charge in [0.1, 0.15) is 0 Å². The first-order valence-corrected chi connectivity index (χ1v) is 7.74. The molecule has 5 nitrogen and oxygen atoms in total. The molecule has 1 N–H and O–H groups in total. The van der Waals surface area contributed by atoms with Crippen molar-refractivity contribution in [3.05, 3.63) is 18.0 Å². The second-order valence-electron chi connectivity index (χ2n) is 6.36. The lowest BCUT2D eigenvalue weighted by Crippen LogP contribution is -2.32. The van der Waals surface area contributed by atoms with Crippen LogP contribution in [0.25, 0.3) is 0 Å². The van der Waals surface area contributed by atoms with E-state index < -0.39 is 0 Å². The van der Waals surface area contributed by atoms with Crippen molar-refractivity contribution in [3.63, 3.8) is 0 Å². The Morgan fingerprint density at radius 1 is 1.35 bits per heavy atom. The van der Waals surface area contributed by atoms with Crippen molar-refractivity contribution < 1.29 is 4.74 Å². The van der Waals surface area contributed by atoms with Gasteiger partial charge >= 0.3 is 0 Å². The molecule has 20 heavy (non-hydrogen) atoms. The molecule has 2 unspecified atom stereocenters. The van der Waals surface area contributed by atoms with E-state index in [1.807, 2.05) is 17.9 Å². The Labute approximate surface area is 121 Å². The summed E-state index contributed by atoms with van der Waals surface area (Å²) in [5, 5.41) is 7.78. The number of rotatable bonds is 7. The van der Waals surface area contributed by atoms with Crippen LogP contribution in [0.4, 0.5) is 0 Å². The number of ether oxygens (including phenoxy) is 1. The van der Waals surface area contributed by atoms with Crippen LogP contribution in [0, 0.1) is 0 Å². The molecule has 5 heteroatoms. The molecule has 1 saturated carbocycles. The summed E-state index contributed by atoms with van der Waals surface area (Å²) in [5.41, 5.74) is 1.26. The fourth-order valence-electron chi connectivity index (χ4n) is 2.93. The van der Waals surface area contributed by atoms with Crippen LogP contribution < -0.4 is 5.32 Å². The molecule has 2 heterocycles.